The van der Waals surface area contributed by atoms with Gasteiger partial charge in [-0.1, -0.05) is 91.0 Å². The van der Waals surface area contributed by atoms with Gasteiger partial charge in [-0.25, -0.2) is 0 Å². The lowest BCUT2D eigenvalue weighted by molar-refractivity contribution is -0.929. The topological polar surface area (TPSA) is 20.0 Å². The van der Waals surface area contributed by atoms with Crippen molar-refractivity contribution >= 4 is 28.2 Å². The SMILES string of the molecule is BrC(=C\c1ccccc1)/C=N/N1CC[NH+](C(c2ccccc2)c2ccccc2)CC1. The second-order valence-electron chi connectivity index (χ2n) is 7.55. The molecule has 0 saturated carbocycles. The third kappa shape index (κ3) is 5.47. The number of benzene rings is 3. The van der Waals surface area contributed by atoms with Gasteiger partial charge in [-0.3, -0.25) is 5.01 Å². The van der Waals surface area contributed by atoms with Gasteiger partial charge in [0.05, 0.1) is 32.4 Å². The minimum Gasteiger partial charge on any atom is -0.322 e. The zero-order valence-corrected chi connectivity index (χ0v) is 18.6. The zero-order chi connectivity index (χ0) is 20.6. The van der Waals surface area contributed by atoms with Crippen LogP contribution < -0.4 is 4.90 Å². The van der Waals surface area contributed by atoms with E-state index in [0.29, 0.717) is 6.04 Å². The summed E-state index contributed by atoms with van der Waals surface area (Å²) in [5.74, 6) is 0. The highest BCUT2D eigenvalue weighted by Crippen LogP contribution is 2.19. The van der Waals surface area contributed by atoms with Gasteiger partial charge in [-0.05, 0) is 27.6 Å². The maximum atomic E-state index is 4.70. The molecule has 3 aromatic carbocycles. The molecule has 1 aliphatic rings. The molecule has 0 aromatic heterocycles. The summed E-state index contributed by atoms with van der Waals surface area (Å²) in [4.78, 5) is 1.60. The normalized spacial score (nSPS) is 15.8. The lowest BCUT2D eigenvalue weighted by Gasteiger charge is -2.35. The Balaban J connectivity index is 1.42. The Bertz CT molecular complexity index is 923. The minimum atomic E-state index is 0.364. The largest absolute Gasteiger partial charge is 0.322 e. The summed E-state index contributed by atoms with van der Waals surface area (Å²) in [6.07, 6.45) is 4.00. The average molecular weight is 461 g/mol. The van der Waals surface area contributed by atoms with Gasteiger partial charge in [-0.15, -0.1) is 0 Å². The summed E-state index contributed by atoms with van der Waals surface area (Å²) in [5.41, 5.74) is 3.92. The summed E-state index contributed by atoms with van der Waals surface area (Å²) < 4.78 is 0.981. The smallest absolute Gasteiger partial charge is 0.139 e. The van der Waals surface area contributed by atoms with E-state index < -0.39 is 0 Å². The van der Waals surface area contributed by atoms with Crippen molar-refractivity contribution in [2.24, 2.45) is 5.10 Å². The molecule has 0 spiro atoms. The first-order valence-corrected chi connectivity index (χ1v) is 11.2. The fraction of sp³-hybridized carbons (Fsp3) is 0.192. The average Bonchev–Trinajstić information content (AvgIpc) is 2.81. The molecule has 0 radical (unpaired) electrons. The molecular formula is C26H27BrN3+. The molecular weight excluding hydrogens is 434 g/mol. The van der Waals surface area contributed by atoms with Crippen LogP contribution in [0.1, 0.15) is 22.7 Å². The van der Waals surface area contributed by atoms with E-state index >= 15 is 0 Å². The van der Waals surface area contributed by atoms with Crippen LogP contribution in [-0.2, 0) is 0 Å². The van der Waals surface area contributed by atoms with Crippen molar-refractivity contribution in [2.45, 2.75) is 6.04 Å². The van der Waals surface area contributed by atoms with Crippen LogP contribution in [0.25, 0.3) is 6.08 Å². The summed E-state index contributed by atoms with van der Waals surface area (Å²) >= 11 is 3.62. The van der Waals surface area contributed by atoms with Crippen LogP contribution in [0, 0.1) is 0 Å². The Morgan fingerprint density at radius 2 is 1.30 bits per heavy atom. The Labute approximate surface area is 187 Å². The van der Waals surface area contributed by atoms with Crippen LogP contribution in [0.15, 0.2) is 101 Å². The van der Waals surface area contributed by atoms with Crippen molar-refractivity contribution in [1.82, 2.24) is 5.01 Å². The zero-order valence-electron chi connectivity index (χ0n) is 17.0. The highest BCUT2D eigenvalue weighted by atomic mass is 79.9. The summed E-state index contributed by atoms with van der Waals surface area (Å²) in [7, 11) is 0. The Morgan fingerprint density at radius 3 is 1.83 bits per heavy atom. The molecule has 1 saturated heterocycles. The van der Waals surface area contributed by atoms with Gasteiger partial charge in [0.1, 0.15) is 6.04 Å². The molecule has 152 valence electrons. The van der Waals surface area contributed by atoms with Crippen LogP contribution in [0.4, 0.5) is 0 Å². The summed E-state index contributed by atoms with van der Waals surface area (Å²) in [5, 5.41) is 6.88. The molecule has 0 unspecified atom stereocenters. The number of hydrogen-bond donors (Lipinski definition) is 1. The first-order chi connectivity index (χ1) is 14.8. The highest BCUT2D eigenvalue weighted by Gasteiger charge is 2.29. The summed E-state index contributed by atoms with van der Waals surface area (Å²) in [6.45, 7) is 4.03. The van der Waals surface area contributed by atoms with Crippen molar-refractivity contribution in [3.05, 3.63) is 112 Å². The number of halogens is 1. The van der Waals surface area contributed by atoms with Crippen molar-refractivity contribution in [3.8, 4) is 0 Å². The number of hydrazone groups is 1. The van der Waals surface area contributed by atoms with E-state index in [4.69, 9.17) is 5.10 Å². The molecule has 3 aromatic rings. The predicted molar refractivity (Wildman–Crippen MR) is 129 cm³/mol. The van der Waals surface area contributed by atoms with E-state index in [-0.39, 0.29) is 0 Å². The van der Waals surface area contributed by atoms with Gasteiger partial charge in [-0.2, -0.15) is 5.10 Å². The predicted octanol–water partition coefficient (Wildman–Crippen LogP) is 4.40. The lowest BCUT2D eigenvalue weighted by Crippen LogP contribution is -3.15. The van der Waals surface area contributed by atoms with Crippen LogP contribution in [0.2, 0.25) is 0 Å². The third-order valence-corrected chi connectivity index (χ3v) is 5.94. The van der Waals surface area contributed by atoms with Crippen LogP contribution >= 0.6 is 15.9 Å². The molecule has 30 heavy (non-hydrogen) atoms. The van der Waals surface area contributed by atoms with Crippen LogP contribution in [0.3, 0.4) is 0 Å². The fourth-order valence-electron chi connectivity index (χ4n) is 4.02. The molecule has 1 heterocycles. The van der Waals surface area contributed by atoms with Crippen molar-refractivity contribution in [3.63, 3.8) is 0 Å². The van der Waals surface area contributed by atoms with Gasteiger partial charge in [0.2, 0.25) is 0 Å². The molecule has 1 aliphatic heterocycles. The maximum Gasteiger partial charge on any atom is 0.139 e. The van der Waals surface area contributed by atoms with Gasteiger partial charge in [0.25, 0.3) is 0 Å². The number of quaternary nitrogens is 1. The highest BCUT2D eigenvalue weighted by molar-refractivity contribution is 9.12. The Hall–Kier alpha value is -2.69. The van der Waals surface area contributed by atoms with E-state index in [2.05, 4.69) is 99.8 Å². The molecule has 0 aliphatic carbocycles. The third-order valence-electron chi connectivity index (χ3n) is 5.50. The molecule has 0 bridgehead atoms. The van der Waals surface area contributed by atoms with Crippen LogP contribution in [-0.4, -0.2) is 37.4 Å². The number of rotatable bonds is 6. The standard InChI is InChI=1S/C26H26BrN3/c27-25(20-22-10-4-1-5-11-22)21-28-30-18-16-29(17-19-30)26(23-12-6-2-7-13-23)24-14-8-3-9-15-24/h1-15,20-21,26H,16-19H2/p+1/b25-20-,28-21+. The first-order valence-electron chi connectivity index (χ1n) is 10.5. The maximum absolute atomic E-state index is 4.70. The molecule has 4 rings (SSSR count). The fourth-order valence-corrected chi connectivity index (χ4v) is 4.38. The van der Waals surface area contributed by atoms with Gasteiger partial charge >= 0.3 is 0 Å². The quantitative estimate of drug-likeness (QED) is 0.540. The first kappa shape index (κ1) is 20.6. The van der Waals surface area contributed by atoms with E-state index in [1.807, 2.05) is 24.4 Å². The minimum absolute atomic E-state index is 0.364. The lowest BCUT2D eigenvalue weighted by atomic mass is 9.96. The van der Waals surface area contributed by atoms with Gasteiger partial charge in [0, 0.05) is 15.6 Å². The van der Waals surface area contributed by atoms with E-state index in [0.717, 1.165) is 30.7 Å². The Kier molecular flexibility index (Phi) is 7.11. The van der Waals surface area contributed by atoms with Crippen molar-refractivity contribution in [2.75, 3.05) is 26.2 Å². The number of hydrogen-bond acceptors (Lipinski definition) is 2. The van der Waals surface area contributed by atoms with Gasteiger partial charge in [0.15, 0.2) is 0 Å². The molecule has 0 amide bonds. The molecule has 1 N–H and O–H groups in total. The monoisotopic (exact) mass is 460 g/mol. The number of nitrogens with one attached hydrogen (secondary N) is 1. The summed E-state index contributed by atoms with van der Waals surface area (Å²) in [6, 6.07) is 32.4. The van der Waals surface area contributed by atoms with E-state index in [9.17, 15) is 0 Å². The number of nitrogens with zero attached hydrogens (tertiary/aromatic N) is 2. The molecule has 1 fully saturated rings. The number of allylic oxidation sites excluding steroid dienone is 1. The molecule has 3 nitrogen and oxygen atoms in total. The van der Waals surface area contributed by atoms with Crippen LogP contribution in [0.5, 0.6) is 0 Å². The van der Waals surface area contributed by atoms with E-state index in [1.165, 1.54) is 16.7 Å². The second-order valence-corrected chi connectivity index (χ2v) is 8.47. The van der Waals surface area contributed by atoms with Crippen molar-refractivity contribution < 1.29 is 4.90 Å². The Morgan fingerprint density at radius 1 is 0.800 bits per heavy atom. The van der Waals surface area contributed by atoms with Gasteiger partial charge < -0.3 is 4.90 Å². The van der Waals surface area contributed by atoms with E-state index in [1.54, 1.807) is 4.90 Å². The van der Waals surface area contributed by atoms with Crippen molar-refractivity contribution in [1.29, 1.82) is 0 Å². The second kappa shape index (κ2) is 10.4. The molecule has 4 heteroatoms. The number of piperazine rings is 1. The molecule has 0 atom stereocenters.